The topological polar surface area (TPSA) is 38.5 Å². The summed E-state index contributed by atoms with van der Waals surface area (Å²) in [5.74, 6) is -0.324. The average Bonchev–Trinajstić information content (AvgIpc) is 3.13. The van der Waals surface area contributed by atoms with Gasteiger partial charge in [-0.05, 0) is 81.1 Å². The Morgan fingerprint density at radius 2 is 1.68 bits per heavy atom. The molecule has 1 saturated heterocycles. The van der Waals surface area contributed by atoms with Gasteiger partial charge in [-0.2, -0.15) is 0 Å². The maximum atomic E-state index is 13.5. The fourth-order valence-corrected chi connectivity index (χ4v) is 4.45. The van der Waals surface area contributed by atoms with E-state index in [0.29, 0.717) is 12.1 Å². The highest BCUT2D eigenvalue weighted by atomic mass is 19.1. The zero-order chi connectivity index (χ0) is 21.8. The zero-order valence-electron chi connectivity index (χ0n) is 18.4. The van der Waals surface area contributed by atoms with E-state index in [1.165, 1.54) is 50.0 Å². The SMILES string of the molecule is Cc1ccc(-n2c(-c3ccc(F)cc3)cc(C(=O)NCC[NH+]3CCCCC3)c2C)cc1. The molecule has 1 aromatic heterocycles. The first-order chi connectivity index (χ1) is 15.0. The first-order valence-corrected chi connectivity index (χ1v) is 11.2. The van der Waals surface area contributed by atoms with E-state index in [0.717, 1.165) is 29.2 Å². The number of likely N-dealkylation sites (tertiary alicyclic amines) is 1. The Labute approximate surface area is 183 Å². The smallest absolute Gasteiger partial charge is 0.253 e. The van der Waals surface area contributed by atoms with E-state index in [9.17, 15) is 9.18 Å². The Morgan fingerprint density at radius 1 is 1.00 bits per heavy atom. The second kappa shape index (κ2) is 9.48. The van der Waals surface area contributed by atoms with Gasteiger partial charge in [-0.1, -0.05) is 17.7 Å². The lowest BCUT2D eigenvalue weighted by atomic mass is 10.1. The zero-order valence-corrected chi connectivity index (χ0v) is 18.4. The van der Waals surface area contributed by atoms with Gasteiger partial charge >= 0.3 is 0 Å². The minimum absolute atomic E-state index is 0.0527. The lowest BCUT2D eigenvalue weighted by Gasteiger charge is -2.23. The van der Waals surface area contributed by atoms with Crippen LogP contribution in [0.2, 0.25) is 0 Å². The highest BCUT2D eigenvalue weighted by molar-refractivity contribution is 5.97. The van der Waals surface area contributed by atoms with Crippen molar-refractivity contribution in [2.45, 2.75) is 33.1 Å². The predicted octanol–water partition coefficient (Wildman–Crippen LogP) is 3.70. The van der Waals surface area contributed by atoms with Crippen LogP contribution >= 0.6 is 0 Å². The van der Waals surface area contributed by atoms with Crippen molar-refractivity contribution in [3.05, 3.63) is 77.2 Å². The van der Waals surface area contributed by atoms with Crippen molar-refractivity contribution in [2.24, 2.45) is 0 Å². The van der Waals surface area contributed by atoms with Gasteiger partial charge in [-0.3, -0.25) is 4.79 Å². The lowest BCUT2D eigenvalue weighted by Crippen LogP contribution is -3.13. The summed E-state index contributed by atoms with van der Waals surface area (Å²) in [5, 5.41) is 3.12. The molecule has 2 N–H and O–H groups in total. The molecule has 1 amide bonds. The Morgan fingerprint density at radius 3 is 2.35 bits per heavy atom. The number of nitrogens with one attached hydrogen (secondary N) is 2. The van der Waals surface area contributed by atoms with Gasteiger partial charge in [-0.15, -0.1) is 0 Å². The third-order valence-corrected chi connectivity index (χ3v) is 6.25. The molecule has 1 aliphatic heterocycles. The summed E-state index contributed by atoms with van der Waals surface area (Å²) in [6.45, 7) is 8.07. The second-order valence-electron chi connectivity index (χ2n) is 8.52. The highest BCUT2D eigenvalue weighted by Gasteiger charge is 2.20. The van der Waals surface area contributed by atoms with Crippen LogP contribution in [0.3, 0.4) is 0 Å². The van der Waals surface area contributed by atoms with Crippen molar-refractivity contribution in [1.82, 2.24) is 9.88 Å². The predicted molar refractivity (Wildman–Crippen MR) is 122 cm³/mol. The van der Waals surface area contributed by atoms with Gasteiger partial charge in [0.1, 0.15) is 5.82 Å². The van der Waals surface area contributed by atoms with Gasteiger partial charge in [0.05, 0.1) is 37.4 Å². The molecular weight excluding hydrogens is 389 g/mol. The quantitative estimate of drug-likeness (QED) is 0.627. The molecule has 162 valence electrons. The Bertz CT molecular complexity index is 1030. The van der Waals surface area contributed by atoms with Crippen LogP contribution in [0.15, 0.2) is 54.6 Å². The molecule has 0 unspecified atom stereocenters. The van der Waals surface area contributed by atoms with Gasteiger partial charge in [0, 0.05) is 11.4 Å². The molecule has 3 aromatic rings. The summed E-state index contributed by atoms with van der Waals surface area (Å²) >= 11 is 0. The van der Waals surface area contributed by atoms with Gasteiger partial charge in [-0.25, -0.2) is 4.39 Å². The number of hydrogen-bond acceptors (Lipinski definition) is 1. The number of benzene rings is 2. The number of aryl methyl sites for hydroxylation is 1. The summed E-state index contributed by atoms with van der Waals surface area (Å²) in [6.07, 6.45) is 3.89. The molecule has 0 atom stereocenters. The van der Waals surface area contributed by atoms with Crippen molar-refractivity contribution < 1.29 is 14.1 Å². The maximum Gasteiger partial charge on any atom is 0.253 e. The normalized spacial score (nSPS) is 14.5. The number of rotatable bonds is 6. The minimum Gasteiger partial charge on any atom is -0.346 e. The van der Waals surface area contributed by atoms with Crippen molar-refractivity contribution in [2.75, 3.05) is 26.2 Å². The molecule has 2 heterocycles. The number of hydrogen-bond donors (Lipinski definition) is 2. The monoisotopic (exact) mass is 420 g/mol. The van der Waals surface area contributed by atoms with Crippen LogP contribution in [0.25, 0.3) is 16.9 Å². The first-order valence-electron chi connectivity index (χ1n) is 11.2. The van der Waals surface area contributed by atoms with E-state index >= 15 is 0 Å². The standard InChI is InChI=1S/C26H30FN3O/c1-19-6-12-23(13-7-19)30-20(2)24(18-25(30)21-8-10-22(27)11-9-21)26(31)28-14-17-29-15-4-3-5-16-29/h6-13,18H,3-5,14-17H2,1-2H3,(H,28,31)/p+1. The minimum atomic E-state index is -0.271. The van der Waals surface area contributed by atoms with E-state index in [2.05, 4.69) is 41.1 Å². The van der Waals surface area contributed by atoms with Gasteiger partial charge in [0.2, 0.25) is 0 Å². The summed E-state index contributed by atoms with van der Waals surface area (Å²) in [4.78, 5) is 14.6. The van der Waals surface area contributed by atoms with E-state index in [4.69, 9.17) is 0 Å². The summed E-state index contributed by atoms with van der Waals surface area (Å²) in [5.41, 5.74) is 5.46. The summed E-state index contributed by atoms with van der Waals surface area (Å²) in [7, 11) is 0. The fourth-order valence-electron chi connectivity index (χ4n) is 4.45. The molecule has 2 aromatic carbocycles. The van der Waals surface area contributed by atoms with Gasteiger partial charge < -0.3 is 14.8 Å². The number of halogens is 1. The summed E-state index contributed by atoms with van der Waals surface area (Å²) < 4.78 is 15.6. The molecule has 0 spiro atoms. The highest BCUT2D eigenvalue weighted by Crippen LogP contribution is 2.30. The number of piperidine rings is 1. The molecule has 0 radical (unpaired) electrons. The van der Waals surface area contributed by atoms with Crippen LogP contribution in [0.1, 0.15) is 40.9 Å². The number of nitrogens with zero attached hydrogens (tertiary/aromatic N) is 1. The second-order valence-corrected chi connectivity index (χ2v) is 8.52. The summed E-state index contributed by atoms with van der Waals surface area (Å²) in [6, 6.07) is 16.6. The van der Waals surface area contributed by atoms with Crippen molar-refractivity contribution in [3.8, 4) is 16.9 Å². The Balaban J connectivity index is 1.61. The molecule has 4 nitrogen and oxygen atoms in total. The number of aromatic nitrogens is 1. The molecule has 31 heavy (non-hydrogen) atoms. The van der Waals surface area contributed by atoms with Crippen LogP contribution in [0.4, 0.5) is 4.39 Å². The van der Waals surface area contributed by atoms with Crippen LogP contribution in [0, 0.1) is 19.7 Å². The first kappa shape index (κ1) is 21.3. The number of amides is 1. The van der Waals surface area contributed by atoms with Gasteiger partial charge in [0.15, 0.2) is 0 Å². The van der Waals surface area contributed by atoms with Crippen molar-refractivity contribution in [1.29, 1.82) is 0 Å². The fraction of sp³-hybridized carbons (Fsp3) is 0.346. The van der Waals surface area contributed by atoms with E-state index in [-0.39, 0.29) is 11.7 Å². The molecule has 5 heteroatoms. The molecule has 1 fully saturated rings. The number of carbonyl (C=O) groups excluding carboxylic acids is 1. The van der Waals surface area contributed by atoms with Crippen molar-refractivity contribution in [3.63, 3.8) is 0 Å². The number of quaternary nitrogens is 1. The van der Waals surface area contributed by atoms with Gasteiger partial charge in [0.25, 0.3) is 5.91 Å². The van der Waals surface area contributed by atoms with E-state index < -0.39 is 0 Å². The molecule has 4 rings (SSSR count). The van der Waals surface area contributed by atoms with Crippen LogP contribution < -0.4 is 10.2 Å². The third kappa shape index (κ3) is 4.88. The Hall–Kier alpha value is -2.92. The van der Waals surface area contributed by atoms with Crippen LogP contribution in [0.5, 0.6) is 0 Å². The van der Waals surface area contributed by atoms with Crippen LogP contribution in [-0.4, -0.2) is 36.7 Å². The third-order valence-electron chi connectivity index (χ3n) is 6.25. The lowest BCUT2D eigenvalue weighted by molar-refractivity contribution is -0.903. The number of carbonyl (C=O) groups is 1. The Kier molecular flexibility index (Phi) is 6.52. The molecule has 0 aliphatic carbocycles. The average molecular weight is 421 g/mol. The van der Waals surface area contributed by atoms with Crippen molar-refractivity contribution >= 4 is 5.91 Å². The van der Waals surface area contributed by atoms with E-state index in [1.54, 1.807) is 17.0 Å². The molecule has 1 aliphatic rings. The molecule has 0 saturated carbocycles. The van der Waals surface area contributed by atoms with E-state index in [1.807, 2.05) is 13.0 Å². The molecular formula is C26H31FN3O+. The van der Waals surface area contributed by atoms with Crippen LogP contribution in [-0.2, 0) is 0 Å². The molecule has 0 bridgehead atoms. The maximum absolute atomic E-state index is 13.5. The largest absolute Gasteiger partial charge is 0.346 e.